The van der Waals surface area contributed by atoms with Crippen LogP contribution in [0.1, 0.15) is 25.3 Å². The summed E-state index contributed by atoms with van der Waals surface area (Å²) < 4.78 is 45.2. The van der Waals surface area contributed by atoms with Crippen LogP contribution in [0.15, 0.2) is 42.5 Å². The lowest BCUT2D eigenvalue weighted by molar-refractivity contribution is -0.142. The first-order chi connectivity index (χ1) is 14.7. The molecule has 4 rings (SSSR count). The number of ether oxygens (including phenoxy) is 1. The van der Waals surface area contributed by atoms with Crippen LogP contribution < -0.4 is 14.5 Å². The number of hydrogen-bond donors (Lipinski definition) is 1. The lowest BCUT2D eigenvalue weighted by Crippen LogP contribution is -2.50. The predicted octanol–water partition coefficient (Wildman–Crippen LogP) is 4.45. The monoisotopic (exact) mass is 434 g/mol. The molecule has 6 nitrogen and oxygen atoms in total. The number of aliphatic carboxylic acids is 1. The molecule has 2 aliphatic rings. The molecular formula is C22H21F3N2O4. The van der Waals surface area contributed by atoms with E-state index in [0.29, 0.717) is 31.6 Å². The number of carbonyl (C=O) groups is 2. The lowest BCUT2D eigenvalue weighted by Gasteiger charge is -2.39. The number of rotatable bonds is 5. The van der Waals surface area contributed by atoms with Gasteiger partial charge in [0.05, 0.1) is 22.9 Å². The minimum atomic E-state index is -4.52. The zero-order valence-electron chi connectivity index (χ0n) is 16.7. The first kappa shape index (κ1) is 21.0. The van der Waals surface area contributed by atoms with Crippen molar-refractivity contribution in [1.82, 2.24) is 0 Å². The van der Waals surface area contributed by atoms with Crippen LogP contribution in [0.3, 0.4) is 0 Å². The molecule has 1 N–H and O–H groups in total. The van der Waals surface area contributed by atoms with Crippen LogP contribution in [0.5, 0.6) is 5.75 Å². The van der Waals surface area contributed by atoms with E-state index in [-0.39, 0.29) is 17.3 Å². The lowest BCUT2D eigenvalue weighted by atomic mass is 9.99. The highest BCUT2D eigenvalue weighted by Crippen LogP contribution is 2.43. The number of hydrogen-bond acceptors (Lipinski definition) is 4. The predicted molar refractivity (Wildman–Crippen MR) is 108 cm³/mol. The second kappa shape index (κ2) is 7.79. The van der Waals surface area contributed by atoms with Crippen LogP contribution in [0.2, 0.25) is 0 Å². The molecule has 0 saturated carbocycles. The molecule has 0 spiro atoms. The number of benzene rings is 2. The highest BCUT2D eigenvalue weighted by Gasteiger charge is 2.39. The van der Waals surface area contributed by atoms with E-state index in [9.17, 15) is 22.8 Å². The Morgan fingerprint density at radius 2 is 1.87 bits per heavy atom. The van der Waals surface area contributed by atoms with Gasteiger partial charge in [0.2, 0.25) is 0 Å². The van der Waals surface area contributed by atoms with E-state index >= 15 is 0 Å². The van der Waals surface area contributed by atoms with E-state index in [1.165, 1.54) is 11.0 Å². The van der Waals surface area contributed by atoms with Gasteiger partial charge < -0.3 is 14.7 Å². The number of nitrogens with zero attached hydrogens (tertiary/aromatic N) is 2. The Balaban J connectivity index is 1.71. The van der Waals surface area contributed by atoms with Crippen LogP contribution in [0.4, 0.5) is 30.2 Å². The Hall–Kier alpha value is -3.23. The topological polar surface area (TPSA) is 70.1 Å². The summed E-state index contributed by atoms with van der Waals surface area (Å²) in [5.74, 6) is -1.64. The second-order valence-electron chi connectivity index (χ2n) is 7.71. The van der Waals surface area contributed by atoms with Gasteiger partial charge in [-0.1, -0.05) is 19.4 Å². The molecular weight excluding hydrogens is 413 g/mol. The van der Waals surface area contributed by atoms with E-state index in [0.717, 1.165) is 17.8 Å². The average molecular weight is 434 g/mol. The summed E-state index contributed by atoms with van der Waals surface area (Å²) in [5.41, 5.74) is 0.640. The Morgan fingerprint density at radius 1 is 1.16 bits per heavy atom. The molecule has 2 aliphatic heterocycles. The SMILES string of the molecule is CCCC1Oc2cc(C(F)(F)F)ccc2N(c2cccc(N3CC(C(=O)O)C3)c2)C1=O. The summed E-state index contributed by atoms with van der Waals surface area (Å²) in [5, 5.41) is 9.09. The maximum atomic E-state index is 13.2. The van der Waals surface area contributed by atoms with Crippen molar-refractivity contribution < 1.29 is 32.6 Å². The number of carboxylic acid groups (broad SMARTS) is 1. The van der Waals surface area contributed by atoms with Crippen LogP contribution in [0, 0.1) is 5.92 Å². The third kappa shape index (κ3) is 3.92. The molecule has 0 aliphatic carbocycles. The number of carbonyl (C=O) groups excluding carboxylic acids is 1. The summed E-state index contributed by atoms with van der Waals surface area (Å²) in [6.07, 6.45) is -4.41. The normalized spacial score (nSPS) is 19.0. The summed E-state index contributed by atoms with van der Waals surface area (Å²) in [6, 6.07) is 10.1. The van der Waals surface area contributed by atoms with E-state index in [4.69, 9.17) is 9.84 Å². The molecule has 31 heavy (non-hydrogen) atoms. The Bertz CT molecular complexity index is 1020. The van der Waals surface area contributed by atoms with Crippen molar-refractivity contribution in [1.29, 1.82) is 0 Å². The van der Waals surface area contributed by atoms with Gasteiger partial charge in [0.15, 0.2) is 6.10 Å². The molecule has 9 heteroatoms. The molecule has 1 unspecified atom stereocenters. The fourth-order valence-corrected chi connectivity index (χ4v) is 3.82. The summed E-state index contributed by atoms with van der Waals surface area (Å²) in [4.78, 5) is 27.5. The zero-order valence-corrected chi connectivity index (χ0v) is 16.7. The van der Waals surface area contributed by atoms with Crippen molar-refractivity contribution in [3.63, 3.8) is 0 Å². The summed E-state index contributed by atoms with van der Waals surface area (Å²) in [6.45, 7) is 2.59. The standard InChI is InChI=1S/C22H21F3N2O4/c1-2-4-18-20(28)27(17-8-7-14(22(23,24)25)9-19(17)31-18)16-6-3-5-15(10-16)26-11-13(12-26)21(29)30/h3,5-10,13,18H,2,4,11-12H2,1H3,(H,29,30). The van der Waals surface area contributed by atoms with Crippen molar-refractivity contribution in [3.05, 3.63) is 48.0 Å². The minimum Gasteiger partial charge on any atom is -0.481 e. The smallest absolute Gasteiger partial charge is 0.416 e. The summed E-state index contributed by atoms with van der Waals surface area (Å²) >= 11 is 0. The van der Waals surface area contributed by atoms with Gasteiger partial charge in [-0.05, 0) is 42.8 Å². The number of carboxylic acids is 1. The number of halogens is 3. The third-order valence-corrected chi connectivity index (χ3v) is 5.53. The third-order valence-electron chi connectivity index (χ3n) is 5.53. The molecule has 0 aromatic heterocycles. The van der Waals surface area contributed by atoms with Crippen LogP contribution in [-0.4, -0.2) is 36.2 Å². The fraction of sp³-hybridized carbons (Fsp3) is 0.364. The zero-order chi connectivity index (χ0) is 22.3. The van der Waals surface area contributed by atoms with E-state index in [1.54, 1.807) is 18.2 Å². The van der Waals surface area contributed by atoms with Gasteiger partial charge in [0, 0.05) is 18.8 Å². The van der Waals surface area contributed by atoms with Crippen LogP contribution >= 0.6 is 0 Å². The van der Waals surface area contributed by atoms with E-state index in [2.05, 4.69) is 0 Å². The number of alkyl halides is 3. The van der Waals surface area contributed by atoms with Crippen LogP contribution in [0.25, 0.3) is 0 Å². The van der Waals surface area contributed by atoms with Crippen molar-refractivity contribution in [2.24, 2.45) is 5.92 Å². The van der Waals surface area contributed by atoms with E-state index in [1.807, 2.05) is 17.9 Å². The van der Waals surface area contributed by atoms with Gasteiger partial charge in [-0.15, -0.1) is 0 Å². The summed E-state index contributed by atoms with van der Waals surface area (Å²) in [7, 11) is 0. The maximum absolute atomic E-state index is 13.2. The van der Waals surface area contributed by atoms with Gasteiger partial charge in [0.1, 0.15) is 5.75 Å². The highest BCUT2D eigenvalue weighted by atomic mass is 19.4. The fourth-order valence-electron chi connectivity index (χ4n) is 3.82. The maximum Gasteiger partial charge on any atom is 0.416 e. The minimum absolute atomic E-state index is 0.00756. The molecule has 2 aromatic carbocycles. The molecule has 0 radical (unpaired) electrons. The Kier molecular flexibility index (Phi) is 5.28. The first-order valence-corrected chi connectivity index (χ1v) is 9.98. The largest absolute Gasteiger partial charge is 0.481 e. The second-order valence-corrected chi connectivity index (χ2v) is 7.71. The highest BCUT2D eigenvalue weighted by molar-refractivity contribution is 6.06. The van der Waals surface area contributed by atoms with Crippen molar-refractivity contribution in [2.75, 3.05) is 22.9 Å². The molecule has 1 saturated heterocycles. The van der Waals surface area contributed by atoms with Gasteiger partial charge in [-0.3, -0.25) is 14.5 Å². The number of fused-ring (bicyclic) bond motifs is 1. The number of amides is 1. The Labute approximate surface area is 176 Å². The van der Waals surface area contributed by atoms with Gasteiger partial charge >= 0.3 is 12.1 Å². The van der Waals surface area contributed by atoms with Crippen LogP contribution in [-0.2, 0) is 15.8 Å². The quantitative estimate of drug-likeness (QED) is 0.753. The van der Waals surface area contributed by atoms with Crippen molar-refractivity contribution >= 4 is 28.9 Å². The van der Waals surface area contributed by atoms with Gasteiger partial charge in [-0.2, -0.15) is 13.2 Å². The average Bonchev–Trinajstić information content (AvgIpc) is 2.66. The molecule has 2 heterocycles. The van der Waals surface area contributed by atoms with Gasteiger partial charge in [-0.25, -0.2) is 0 Å². The molecule has 1 fully saturated rings. The Morgan fingerprint density at radius 3 is 2.52 bits per heavy atom. The molecule has 0 bridgehead atoms. The molecule has 1 amide bonds. The van der Waals surface area contributed by atoms with E-state index < -0.39 is 29.7 Å². The molecule has 1 atom stereocenters. The molecule has 2 aromatic rings. The first-order valence-electron chi connectivity index (χ1n) is 9.98. The van der Waals surface area contributed by atoms with Crippen molar-refractivity contribution in [2.45, 2.75) is 32.0 Å². The van der Waals surface area contributed by atoms with Gasteiger partial charge in [0.25, 0.3) is 5.91 Å². The number of anilines is 3. The van der Waals surface area contributed by atoms with Crippen molar-refractivity contribution in [3.8, 4) is 5.75 Å². The molecule has 164 valence electrons.